The minimum atomic E-state index is -0.374. The summed E-state index contributed by atoms with van der Waals surface area (Å²) in [5.74, 6) is 0.503. The highest BCUT2D eigenvalue weighted by molar-refractivity contribution is 8.14. The number of hydrogen-bond acceptors (Lipinski definition) is 4. The molecule has 1 N–H and O–H groups in total. The molecule has 0 spiro atoms. The third kappa shape index (κ3) is 3.43. The number of rotatable bonds is 4. The van der Waals surface area contributed by atoms with E-state index < -0.39 is 0 Å². The lowest BCUT2D eigenvalue weighted by Gasteiger charge is -2.19. The first-order valence-electron chi connectivity index (χ1n) is 10.9. The van der Waals surface area contributed by atoms with Gasteiger partial charge in [0.25, 0.3) is 0 Å². The number of fused-ring (bicyclic) bond motifs is 1. The minimum Gasteiger partial charge on any atom is -0.305 e. The van der Waals surface area contributed by atoms with Crippen molar-refractivity contribution in [3.05, 3.63) is 95.9 Å². The lowest BCUT2D eigenvalue weighted by molar-refractivity contribution is -0.121. The Hall–Kier alpha value is -3.45. The van der Waals surface area contributed by atoms with Gasteiger partial charge in [0.15, 0.2) is 5.17 Å². The summed E-state index contributed by atoms with van der Waals surface area (Å²) < 4.78 is 15.2. The molecule has 0 bridgehead atoms. The SMILES string of the molecule is O=C(NC1=NCCS1)C1CC1(c1ccccc1)c1ccc2c(cnn2-c2ccc(F)cc2)c1. The zero-order chi connectivity index (χ0) is 22.4. The molecule has 2 heterocycles. The topological polar surface area (TPSA) is 59.3 Å². The molecule has 2 unspecified atom stereocenters. The Balaban J connectivity index is 1.38. The molecule has 7 heteroatoms. The molecule has 1 aliphatic heterocycles. The third-order valence-corrected chi connectivity index (χ3v) is 7.43. The number of aromatic nitrogens is 2. The average molecular weight is 457 g/mol. The fraction of sp³-hybridized carbons (Fsp3) is 0.192. The first kappa shape index (κ1) is 20.2. The van der Waals surface area contributed by atoms with Crippen LogP contribution in [0.3, 0.4) is 0 Å². The highest BCUT2D eigenvalue weighted by Gasteiger charge is 2.60. The van der Waals surface area contributed by atoms with E-state index in [2.05, 4.69) is 39.7 Å². The van der Waals surface area contributed by atoms with Gasteiger partial charge in [-0.2, -0.15) is 5.10 Å². The van der Waals surface area contributed by atoms with Crippen molar-refractivity contribution in [3.63, 3.8) is 0 Å². The lowest BCUT2D eigenvalue weighted by Crippen LogP contribution is -2.32. The second-order valence-electron chi connectivity index (χ2n) is 8.43. The van der Waals surface area contributed by atoms with Gasteiger partial charge in [0, 0.05) is 16.6 Å². The number of carbonyl (C=O) groups excluding carboxylic acids is 1. The van der Waals surface area contributed by atoms with Crippen LogP contribution in [-0.4, -0.2) is 33.2 Å². The highest BCUT2D eigenvalue weighted by atomic mass is 32.2. The fourth-order valence-electron chi connectivity index (χ4n) is 4.82. The first-order valence-corrected chi connectivity index (χ1v) is 11.9. The predicted octanol–water partition coefficient (Wildman–Crippen LogP) is 4.69. The predicted molar refractivity (Wildman–Crippen MR) is 129 cm³/mol. The smallest absolute Gasteiger partial charge is 0.230 e. The van der Waals surface area contributed by atoms with Crippen LogP contribution in [0.4, 0.5) is 4.39 Å². The van der Waals surface area contributed by atoms with E-state index in [9.17, 15) is 9.18 Å². The van der Waals surface area contributed by atoms with E-state index in [0.29, 0.717) is 0 Å². The molecule has 0 radical (unpaired) electrons. The van der Waals surface area contributed by atoms with Gasteiger partial charge in [-0.3, -0.25) is 9.79 Å². The first-order chi connectivity index (χ1) is 16.1. The number of nitrogens with one attached hydrogen (secondary N) is 1. The maximum absolute atomic E-state index is 13.4. The molecule has 6 rings (SSSR count). The normalized spacial score (nSPS) is 21.7. The zero-order valence-electron chi connectivity index (χ0n) is 17.7. The molecule has 164 valence electrons. The van der Waals surface area contributed by atoms with Crippen molar-refractivity contribution in [1.82, 2.24) is 15.1 Å². The van der Waals surface area contributed by atoms with E-state index in [1.165, 1.54) is 12.1 Å². The molecule has 3 aromatic carbocycles. The largest absolute Gasteiger partial charge is 0.305 e. The van der Waals surface area contributed by atoms with Gasteiger partial charge < -0.3 is 5.32 Å². The molecule has 2 atom stereocenters. The molecule has 1 aromatic heterocycles. The molecule has 1 amide bonds. The van der Waals surface area contributed by atoms with Crippen LogP contribution in [0.15, 0.2) is 84.0 Å². The number of amides is 1. The maximum Gasteiger partial charge on any atom is 0.230 e. The van der Waals surface area contributed by atoms with Crippen LogP contribution >= 0.6 is 11.8 Å². The average Bonchev–Trinajstić information content (AvgIpc) is 3.16. The lowest BCUT2D eigenvalue weighted by atomic mass is 9.85. The van der Waals surface area contributed by atoms with E-state index in [4.69, 9.17) is 0 Å². The standard InChI is InChI=1S/C26H21FN4OS/c27-20-7-9-21(10-8-20)31-23-11-6-19(14-17(23)16-29-31)26(18-4-2-1-3-5-18)15-22(26)24(32)30-25-28-12-13-33-25/h1-11,14,16,22H,12-13,15H2,(H,28,30,32). The number of hydrogen-bond donors (Lipinski definition) is 1. The van der Waals surface area contributed by atoms with Crippen molar-refractivity contribution in [2.24, 2.45) is 10.9 Å². The monoisotopic (exact) mass is 456 g/mol. The Kier molecular flexibility index (Phi) is 4.80. The van der Waals surface area contributed by atoms with Gasteiger partial charge in [-0.1, -0.05) is 48.2 Å². The number of thioether (sulfide) groups is 1. The Morgan fingerprint density at radius 1 is 1.06 bits per heavy atom. The Morgan fingerprint density at radius 2 is 1.88 bits per heavy atom. The summed E-state index contributed by atoms with van der Waals surface area (Å²) >= 11 is 1.59. The van der Waals surface area contributed by atoms with Gasteiger partial charge in [-0.15, -0.1) is 0 Å². The molecule has 33 heavy (non-hydrogen) atoms. The van der Waals surface area contributed by atoms with Crippen molar-refractivity contribution < 1.29 is 9.18 Å². The second-order valence-corrected chi connectivity index (χ2v) is 9.51. The fourth-order valence-corrected chi connectivity index (χ4v) is 5.55. The van der Waals surface area contributed by atoms with E-state index >= 15 is 0 Å². The van der Waals surface area contributed by atoms with Crippen LogP contribution in [0.1, 0.15) is 17.5 Å². The molecule has 4 aromatic rings. The van der Waals surface area contributed by atoms with Gasteiger partial charge in [-0.05, 0) is 53.9 Å². The van der Waals surface area contributed by atoms with Gasteiger partial charge in [0.1, 0.15) is 5.82 Å². The van der Waals surface area contributed by atoms with Crippen molar-refractivity contribution in [2.45, 2.75) is 11.8 Å². The van der Waals surface area contributed by atoms with Crippen LogP contribution in [0.2, 0.25) is 0 Å². The molecule has 5 nitrogen and oxygen atoms in total. The summed E-state index contributed by atoms with van der Waals surface area (Å²) in [6.45, 7) is 0.753. The molecule has 1 saturated carbocycles. The van der Waals surface area contributed by atoms with Gasteiger partial charge in [-0.25, -0.2) is 9.07 Å². The quantitative estimate of drug-likeness (QED) is 0.485. The number of aliphatic imine (C=N–C) groups is 1. The number of nitrogens with zero attached hydrogens (tertiary/aromatic N) is 3. The highest BCUT2D eigenvalue weighted by Crippen LogP contribution is 2.59. The third-order valence-electron chi connectivity index (χ3n) is 6.54. The Morgan fingerprint density at radius 3 is 2.64 bits per heavy atom. The van der Waals surface area contributed by atoms with Crippen LogP contribution < -0.4 is 5.32 Å². The summed E-state index contributed by atoms with van der Waals surface area (Å²) in [7, 11) is 0. The maximum atomic E-state index is 13.4. The summed E-state index contributed by atoms with van der Waals surface area (Å²) in [6.07, 6.45) is 2.57. The second kappa shape index (κ2) is 7.85. The van der Waals surface area contributed by atoms with Crippen molar-refractivity contribution >= 4 is 33.7 Å². The van der Waals surface area contributed by atoms with Crippen molar-refractivity contribution in [1.29, 1.82) is 0 Å². The Labute approximate surface area is 194 Å². The molecule has 1 fully saturated rings. The summed E-state index contributed by atoms with van der Waals surface area (Å²) in [5.41, 5.74) is 3.60. The molecule has 1 aliphatic carbocycles. The Bertz CT molecular complexity index is 1380. The van der Waals surface area contributed by atoms with E-state index in [0.717, 1.165) is 51.6 Å². The van der Waals surface area contributed by atoms with Crippen LogP contribution in [0.5, 0.6) is 0 Å². The zero-order valence-corrected chi connectivity index (χ0v) is 18.6. The molecule has 0 saturated heterocycles. The number of carbonyl (C=O) groups is 1. The molecular formula is C26H21FN4OS. The van der Waals surface area contributed by atoms with E-state index in [1.54, 1.807) is 28.6 Å². The molecular weight excluding hydrogens is 435 g/mol. The summed E-state index contributed by atoms with van der Waals surface area (Å²) in [6, 6.07) is 22.8. The van der Waals surface area contributed by atoms with Gasteiger partial charge in [0.05, 0.1) is 29.9 Å². The van der Waals surface area contributed by atoms with Crippen molar-refractivity contribution in [3.8, 4) is 5.69 Å². The van der Waals surface area contributed by atoms with Crippen LogP contribution in [-0.2, 0) is 10.2 Å². The van der Waals surface area contributed by atoms with E-state index in [1.807, 2.05) is 30.5 Å². The van der Waals surface area contributed by atoms with Crippen molar-refractivity contribution in [2.75, 3.05) is 12.3 Å². The van der Waals surface area contributed by atoms with Crippen LogP contribution in [0, 0.1) is 11.7 Å². The van der Waals surface area contributed by atoms with Crippen LogP contribution in [0.25, 0.3) is 16.6 Å². The van der Waals surface area contributed by atoms with Gasteiger partial charge >= 0.3 is 0 Å². The number of amidine groups is 1. The number of halogens is 1. The molecule has 2 aliphatic rings. The summed E-state index contributed by atoms with van der Waals surface area (Å²) in [4.78, 5) is 17.5. The summed E-state index contributed by atoms with van der Waals surface area (Å²) in [5, 5.41) is 9.27. The number of benzene rings is 3. The minimum absolute atomic E-state index is 0.0223. The van der Waals surface area contributed by atoms with E-state index in [-0.39, 0.29) is 23.1 Å². The van der Waals surface area contributed by atoms with Gasteiger partial charge in [0.2, 0.25) is 5.91 Å².